The average molecular weight is 376 g/mol. The first-order valence-corrected chi connectivity index (χ1v) is 8.56. The number of nitrogens with zero attached hydrogens (tertiary/aromatic N) is 1. The number of pyridine rings is 1. The number of ether oxygens (including phenoxy) is 3. The van der Waals surface area contributed by atoms with E-state index in [4.69, 9.17) is 25.8 Å². The molecule has 1 heterocycles. The van der Waals surface area contributed by atoms with Crippen LogP contribution in [0.25, 0.3) is 10.9 Å². The monoisotopic (exact) mass is 375 g/mol. The summed E-state index contributed by atoms with van der Waals surface area (Å²) in [5, 5.41) is 1.18. The van der Waals surface area contributed by atoms with Crippen LogP contribution in [0.5, 0.6) is 11.5 Å². The standard InChI is InChI=1S/C20H19ClFNO3/c1-12(25-13(2)24-3)19-16(21)7-5-9-18(19)26-15-10-14-6-4-8-17(22)20(14)23-11-15/h4-13H,1-3H3. The van der Waals surface area contributed by atoms with Gasteiger partial charge in [0, 0.05) is 18.1 Å². The van der Waals surface area contributed by atoms with Gasteiger partial charge in [0.2, 0.25) is 0 Å². The Balaban J connectivity index is 1.94. The van der Waals surface area contributed by atoms with Gasteiger partial charge in [0.1, 0.15) is 22.8 Å². The number of para-hydroxylation sites is 1. The van der Waals surface area contributed by atoms with Gasteiger partial charge in [-0.05, 0) is 38.1 Å². The number of rotatable bonds is 6. The van der Waals surface area contributed by atoms with E-state index in [0.717, 1.165) is 0 Å². The van der Waals surface area contributed by atoms with Gasteiger partial charge in [0.15, 0.2) is 6.29 Å². The SMILES string of the molecule is COC(C)OC(C)c1c(Cl)cccc1Oc1cnc2c(F)cccc2c1. The van der Waals surface area contributed by atoms with E-state index in [1.165, 1.54) is 12.3 Å². The third-order valence-electron chi connectivity index (χ3n) is 4.01. The Morgan fingerprint density at radius 1 is 1.12 bits per heavy atom. The first-order chi connectivity index (χ1) is 12.5. The third-order valence-corrected chi connectivity index (χ3v) is 4.34. The van der Waals surface area contributed by atoms with Crippen molar-refractivity contribution < 1.29 is 18.6 Å². The number of methoxy groups -OCH3 is 1. The molecule has 0 saturated carbocycles. The van der Waals surface area contributed by atoms with Crippen molar-refractivity contribution in [2.24, 2.45) is 0 Å². The average Bonchev–Trinajstić information content (AvgIpc) is 2.61. The van der Waals surface area contributed by atoms with Gasteiger partial charge in [0.25, 0.3) is 0 Å². The van der Waals surface area contributed by atoms with Gasteiger partial charge in [-0.15, -0.1) is 0 Å². The number of fused-ring (bicyclic) bond motifs is 1. The van der Waals surface area contributed by atoms with Crippen LogP contribution in [0, 0.1) is 5.82 Å². The summed E-state index contributed by atoms with van der Waals surface area (Å²) in [6.07, 6.45) is 0.748. The fourth-order valence-electron chi connectivity index (χ4n) is 2.70. The lowest BCUT2D eigenvalue weighted by Crippen LogP contribution is -2.14. The molecule has 0 aliphatic heterocycles. The van der Waals surface area contributed by atoms with Crippen LogP contribution in [0.1, 0.15) is 25.5 Å². The molecule has 6 heteroatoms. The van der Waals surface area contributed by atoms with E-state index >= 15 is 0 Å². The molecule has 0 saturated heterocycles. The van der Waals surface area contributed by atoms with Crippen molar-refractivity contribution in [2.75, 3.05) is 7.11 Å². The topological polar surface area (TPSA) is 40.6 Å². The Hall–Kier alpha value is -2.21. The normalized spacial score (nSPS) is 13.6. The van der Waals surface area contributed by atoms with Gasteiger partial charge in [-0.2, -0.15) is 0 Å². The predicted molar refractivity (Wildman–Crippen MR) is 99.2 cm³/mol. The molecule has 0 radical (unpaired) electrons. The summed E-state index contributed by atoms with van der Waals surface area (Å²) in [6, 6.07) is 11.9. The van der Waals surface area contributed by atoms with Crippen LogP contribution >= 0.6 is 11.6 Å². The smallest absolute Gasteiger partial charge is 0.155 e. The van der Waals surface area contributed by atoms with Gasteiger partial charge in [-0.1, -0.05) is 29.8 Å². The molecule has 2 aromatic carbocycles. The highest BCUT2D eigenvalue weighted by atomic mass is 35.5. The molecule has 0 N–H and O–H groups in total. The third kappa shape index (κ3) is 3.96. The molecular formula is C20H19ClFNO3. The van der Waals surface area contributed by atoms with Gasteiger partial charge >= 0.3 is 0 Å². The molecule has 3 aromatic rings. The Kier molecular flexibility index (Phi) is 5.71. The zero-order valence-electron chi connectivity index (χ0n) is 14.7. The second-order valence-corrected chi connectivity index (χ2v) is 6.23. The molecule has 0 spiro atoms. The Morgan fingerprint density at radius 2 is 1.88 bits per heavy atom. The molecule has 0 fully saturated rings. The largest absolute Gasteiger partial charge is 0.455 e. The highest BCUT2D eigenvalue weighted by Crippen LogP contribution is 2.37. The minimum absolute atomic E-state index is 0.303. The molecule has 0 bridgehead atoms. The fourth-order valence-corrected chi connectivity index (χ4v) is 3.02. The van der Waals surface area contributed by atoms with Crippen LogP contribution < -0.4 is 4.74 Å². The highest BCUT2D eigenvalue weighted by Gasteiger charge is 2.19. The molecule has 1 aromatic heterocycles. The maximum Gasteiger partial charge on any atom is 0.155 e. The quantitative estimate of drug-likeness (QED) is 0.504. The summed E-state index contributed by atoms with van der Waals surface area (Å²) < 4.78 is 30.7. The van der Waals surface area contributed by atoms with Crippen molar-refractivity contribution in [1.29, 1.82) is 0 Å². The molecule has 3 rings (SSSR count). The molecule has 2 unspecified atom stereocenters. The van der Waals surface area contributed by atoms with Gasteiger partial charge in [-0.3, -0.25) is 0 Å². The summed E-state index contributed by atoms with van der Waals surface area (Å²) in [6.45, 7) is 3.67. The Morgan fingerprint density at radius 3 is 2.65 bits per heavy atom. The van der Waals surface area contributed by atoms with Crippen LogP contribution in [0.15, 0.2) is 48.7 Å². The number of hydrogen-bond donors (Lipinski definition) is 0. The summed E-state index contributed by atoms with van der Waals surface area (Å²) in [5.74, 6) is 0.664. The molecular weight excluding hydrogens is 357 g/mol. The van der Waals surface area contributed by atoms with Gasteiger partial charge < -0.3 is 14.2 Å². The van der Waals surface area contributed by atoms with Crippen LogP contribution in [0.2, 0.25) is 5.02 Å². The molecule has 4 nitrogen and oxygen atoms in total. The van der Waals surface area contributed by atoms with Crippen LogP contribution in [-0.4, -0.2) is 18.4 Å². The summed E-state index contributed by atoms with van der Waals surface area (Å²) >= 11 is 6.37. The van der Waals surface area contributed by atoms with E-state index in [2.05, 4.69) is 4.98 Å². The summed E-state index contributed by atoms with van der Waals surface area (Å²) in [4.78, 5) is 4.15. The molecule has 0 aliphatic carbocycles. The Labute approximate surface area is 156 Å². The zero-order chi connectivity index (χ0) is 18.7. The highest BCUT2D eigenvalue weighted by molar-refractivity contribution is 6.31. The van der Waals surface area contributed by atoms with Gasteiger partial charge in [-0.25, -0.2) is 9.37 Å². The number of hydrogen-bond acceptors (Lipinski definition) is 4. The summed E-state index contributed by atoms with van der Waals surface area (Å²) in [5.41, 5.74) is 1.01. The van der Waals surface area contributed by atoms with Crippen molar-refractivity contribution in [2.45, 2.75) is 26.2 Å². The first-order valence-electron chi connectivity index (χ1n) is 8.18. The lowest BCUT2D eigenvalue weighted by Gasteiger charge is -2.21. The number of aromatic nitrogens is 1. The van der Waals surface area contributed by atoms with Crippen molar-refractivity contribution in [3.05, 3.63) is 65.1 Å². The predicted octanol–water partition coefficient (Wildman–Crippen LogP) is 5.89. The maximum absolute atomic E-state index is 13.8. The molecule has 0 aliphatic rings. The second-order valence-electron chi connectivity index (χ2n) is 5.82. The van der Waals surface area contributed by atoms with Crippen LogP contribution in [0.4, 0.5) is 4.39 Å². The van der Waals surface area contributed by atoms with Crippen molar-refractivity contribution >= 4 is 22.5 Å². The van der Waals surface area contributed by atoms with Crippen LogP contribution in [-0.2, 0) is 9.47 Å². The lowest BCUT2D eigenvalue weighted by atomic mass is 10.1. The first kappa shape index (κ1) is 18.6. The van der Waals surface area contributed by atoms with E-state index in [0.29, 0.717) is 33.0 Å². The zero-order valence-corrected chi connectivity index (χ0v) is 15.5. The van der Waals surface area contributed by atoms with E-state index in [1.807, 2.05) is 6.92 Å². The second kappa shape index (κ2) is 7.99. The van der Waals surface area contributed by atoms with Crippen molar-refractivity contribution in [1.82, 2.24) is 4.98 Å². The van der Waals surface area contributed by atoms with Crippen molar-refractivity contribution in [3.63, 3.8) is 0 Å². The minimum atomic E-state index is -0.389. The number of halogens is 2. The van der Waals surface area contributed by atoms with Crippen LogP contribution in [0.3, 0.4) is 0 Å². The summed E-state index contributed by atoms with van der Waals surface area (Å²) in [7, 11) is 1.57. The molecule has 136 valence electrons. The van der Waals surface area contributed by atoms with E-state index in [1.54, 1.807) is 50.4 Å². The minimum Gasteiger partial charge on any atom is -0.455 e. The molecule has 0 amide bonds. The van der Waals surface area contributed by atoms with E-state index in [9.17, 15) is 4.39 Å². The fraction of sp³-hybridized carbons (Fsp3) is 0.250. The van der Waals surface area contributed by atoms with E-state index < -0.39 is 0 Å². The maximum atomic E-state index is 13.8. The molecule has 2 atom stereocenters. The van der Waals surface area contributed by atoms with Gasteiger partial charge in [0.05, 0.1) is 17.3 Å². The Bertz CT molecular complexity index is 919. The number of benzene rings is 2. The lowest BCUT2D eigenvalue weighted by molar-refractivity contribution is -0.141. The van der Waals surface area contributed by atoms with E-state index in [-0.39, 0.29) is 18.2 Å². The molecule has 26 heavy (non-hydrogen) atoms. The van der Waals surface area contributed by atoms with Crippen molar-refractivity contribution in [3.8, 4) is 11.5 Å².